The molecule has 0 N–H and O–H groups in total. The quantitative estimate of drug-likeness (QED) is 0.438. The molecule has 0 aliphatic heterocycles. The number of hydrogen-bond acceptors (Lipinski definition) is 2. The van der Waals surface area contributed by atoms with Gasteiger partial charge in [-0.05, 0) is 36.9 Å². The van der Waals surface area contributed by atoms with Crippen LogP contribution < -0.4 is 0 Å². The number of thioether (sulfide) groups is 1. The molecule has 0 unspecified atom stereocenters. The normalized spacial score (nSPS) is 11.5. The van der Waals surface area contributed by atoms with Gasteiger partial charge in [0.2, 0.25) is 0 Å². The van der Waals surface area contributed by atoms with Crippen LogP contribution in [0.15, 0.2) is 79.0 Å². The number of hydrogen-bond donors (Lipinski definition) is 0. The highest BCUT2D eigenvalue weighted by molar-refractivity contribution is 8.07. The highest BCUT2D eigenvalue weighted by Gasteiger charge is 2.10. The molecule has 0 saturated carbocycles. The fourth-order valence-electron chi connectivity index (χ4n) is 2.79. The van der Waals surface area contributed by atoms with E-state index in [1.807, 2.05) is 61.7 Å². The predicted molar refractivity (Wildman–Crippen MR) is 107 cm³/mol. The third-order valence-corrected chi connectivity index (χ3v) is 4.83. The number of aromatic nitrogens is 1. The Labute approximate surface area is 153 Å². The van der Waals surface area contributed by atoms with Crippen LogP contribution >= 0.6 is 11.8 Å². The Kier molecular flexibility index (Phi) is 5.56. The third kappa shape index (κ3) is 4.31. The Balaban J connectivity index is 1.89. The minimum atomic E-state index is 0.0421. The van der Waals surface area contributed by atoms with Gasteiger partial charge in [0.05, 0.1) is 5.69 Å². The van der Waals surface area contributed by atoms with E-state index in [4.69, 9.17) is 0 Å². The summed E-state index contributed by atoms with van der Waals surface area (Å²) in [5.41, 5.74) is 4.13. The molecular weight excluding hydrogens is 326 g/mol. The summed E-state index contributed by atoms with van der Waals surface area (Å²) in [7, 11) is 0. The van der Waals surface area contributed by atoms with Crippen molar-refractivity contribution in [3.63, 3.8) is 0 Å². The number of benzene rings is 2. The average Bonchev–Trinajstić information content (AvgIpc) is 3.08. The van der Waals surface area contributed by atoms with Gasteiger partial charge in [-0.25, -0.2) is 0 Å². The monoisotopic (exact) mass is 347 g/mol. The molecule has 0 bridgehead atoms. The van der Waals surface area contributed by atoms with E-state index in [0.29, 0.717) is 0 Å². The van der Waals surface area contributed by atoms with Crippen molar-refractivity contribution in [2.45, 2.75) is 13.5 Å². The molecule has 3 aromatic rings. The average molecular weight is 347 g/mol. The molecule has 3 heteroatoms. The zero-order chi connectivity index (χ0) is 17.6. The molecule has 126 valence electrons. The van der Waals surface area contributed by atoms with Gasteiger partial charge < -0.3 is 4.57 Å². The van der Waals surface area contributed by atoms with E-state index in [1.54, 1.807) is 17.8 Å². The van der Waals surface area contributed by atoms with Crippen molar-refractivity contribution in [3.8, 4) is 0 Å². The molecule has 2 nitrogen and oxygen atoms in total. The van der Waals surface area contributed by atoms with Crippen LogP contribution in [0.2, 0.25) is 0 Å². The molecule has 0 radical (unpaired) electrons. The summed E-state index contributed by atoms with van der Waals surface area (Å²) in [6, 6.07) is 22.2. The first-order valence-electron chi connectivity index (χ1n) is 8.23. The molecule has 0 aliphatic carbocycles. The standard InChI is InChI=1S/C22H21NOS/c1-17-8-6-11-19(14-17)21(24)15-22(25-2)20-12-7-13-23(20)16-18-9-4-3-5-10-18/h3-15H,16H2,1-2H3/b22-15-. The van der Waals surface area contributed by atoms with Crippen LogP contribution in [0.4, 0.5) is 0 Å². The second-order valence-electron chi connectivity index (χ2n) is 5.95. The van der Waals surface area contributed by atoms with Gasteiger partial charge >= 0.3 is 0 Å². The molecule has 0 atom stereocenters. The summed E-state index contributed by atoms with van der Waals surface area (Å²) in [5.74, 6) is 0.0421. The summed E-state index contributed by atoms with van der Waals surface area (Å²) in [4.78, 5) is 13.6. The van der Waals surface area contributed by atoms with Gasteiger partial charge in [-0.2, -0.15) is 0 Å². The van der Waals surface area contributed by atoms with Crippen LogP contribution in [0.1, 0.15) is 27.2 Å². The van der Waals surface area contributed by atoms with Crippen molar-refractivity contribution < 1.29 is 4.79 Å². The smallest absolute Gasteiger partial charge is 0.187 e. The Morgan fingerprint density at radius 2 is 1.84 bits per heavy atom. The molecule has 0 amide bonds. The Morgan fingerprint density at radius 3 is 2.56 bits per heavy atom. The fourth-order valence-corrected chi connectivity index (χ4v) is 3.41. The maximum absolute atomic E-state index is 12.6. The molecule has 25 heavy (non-hydrogen) atoms. The summed E-state index contributed by atoms with van der Waals surface area (Å²) in [6.45, 7) is 2.79. The number of carbonyl (C=O) groups is 1. The van der Waals surface area contributed by atoms with Gasteiger partial charge in [-0.1, -0.05) is 54.1 Å². The molecule has 1 aromatic heterocycles. The number of carbonyl (C=O) groups excluding carboxylic acids is 1. The SMILES string of the molecule is CS/C(=C\C(=O)c1cccc(C)c1)c1cccn1Cc1ccccc1. The lowest BCUT2D eigenvalue weighted by Crippen LogP contribution is -2.03. The van der Waals surface area contributed by atoms with Crippen LogP contribution in [0.5, 0.6) is 0 Å². The first-order chi connectivity index (χ1) is 12.2. The minimum absolute atomic E-state index is 0.0421. The first kappa shape index (κ1) is 17.3. The van der Waals surface area contributed by atoms with Crippen molar-refractivity contribution in [1.29, 1.82) is 0 Å². The Morgan fingerprint density at radius 1 is 1.04 bits per heavy atom. The van der Waals surface area contributed by atoms with Crippen molar-refractivity contribution in [1.82, 2.24) is 4.57 Å². The van der Waals surface area contributed by atoms with Crippen molar-refractivity contribution in [2.75, 3.05) is 6.26 Å². The van der Waals surface area contributed by atoms with Gasteiger partial charge in [0, 0.05) is 29.3 Å². The van der Waals surface area contributed by atoms with Crippen LogP contribution in [-0.4, -0.2) is 16.6 Å². The number of rotatable bonds is 6. The number of nitrogens with zero attached hydrogens (tertiary/aromatic N) is 1. The van der Waals surface area contributed by atoms with Crippen LogP contribution in [0, 0.1) is 6.92 Å². The van der Waals surface area contributed by atoms with E-state index in [2.05, 4.69) is 29.0 Å². The van der Waals surface area contributed by atoms with Crippen molar-refractivity contribution in [3.05, 3.63) is 101 Å². The van der Waals surface area contributed by atoms with E-state index in [1.165, 1.54) is 5.56 Å². The van der Waals surface area contributed by atoms with Gasteiger partial charge in [0.15, 0.2) is 5.78 Å². The van der Waals surface area contributed by atoms with E-state index in [-0.39, 0.29) is 5.78 Å². The molecule has 0 spiro atoms. The third-order valence-electron chi connectivity index (χ3n) is 4.06. The van der Waals surface area contributed by atoms with Crippen molar-refractivity contribution in [2.24, 2.45) is 0 Å². The van der Waals surface area contributed by atoms with E-state index >= 15 is 0 Å². The summed E-state index contributed by atoms with van der Waals surface area (Å²) in [6.07, 6.45) is 5.81. The highest BCUT2D eigenvalue weighted by atomic mass is 32.2. The zero-order valence-electron chi connectivity index (χ0n) is 14.5. The summed E-state index contributed by atoms with van der Waals surface area (Å²) < 4.78 is 2.18. The summed E-state index contributed by atoms with van der Waals surface area (Å²) >= 11 is 1.60. The molecular formula is C22H21NOS. The topological polar surface area (TPSA) is 22.0 Å². The van der Waals surface area contributed by atoms with Gasteiger partial charge in [0.25, 0.3) is 0 Å². The fraction of sp³-hybridized carbons (Fsp3) is 0.136. The lowest BCUT2D eigenvalue weighted by Gasteiger charge is -2.11. The second-order valence-corrected chi connectivity index (χ2v) is 6.80. The van der Waals surface area contributed by atoms with Crippen LogP contribution in [0.25, 0.3) is 4.91 Å². The van der Waals surface area contributed by atoms with E-state index in [9.17, 15) is 4.79 Å². The van der Waals surface area contributed by atoms with Gasteiger partial charge in [0.1, 0.15) is 0 Å². The van der Waals surface area contributed by atoms with Crippen molar-refractivity contribution >= 4 is 22.5 Å². The number of allylic oxidation sites excluding steroid dienone is 1. The van der Waals surface area contributed by atoms with Crippen LogP contribution in [0.3, 0.4) is 0 Å². The molecule has 1 heterocycles. The van der Waals surface area contributed by atoms with E-state index in [0.717, 1.165) is 28.3 Å². The molecule has 3 rings (SSSR count). The maximum Gasteiger partial charge on any atom is 0.187 e. The lowest BCUT2D eigenvalue weighted by molar-refractivity contribution is 0.104. The molecule has 0 saturated heterocycles. The molecule has 0 fully saturated rings. The maximum atomic E-state index is 12.6. The molecule has 2 aromatic carbocycles. The number of ketones is 1. The highest BCUT2D eigenvalue weighted by Crippen LogP contribution is 2.27. The lowest BCUT2D eigenvalue weighted by atomic mass is 10.1. The largest absolute Gasteiger partial charge is 0.343 e. The minimum Gasteiger partial charge on any atom is -0.343 e. The first-order valence-corrected chi connectivity index (χ1v) is 9.46. The van der Waals surface area contributed by atoms with Gasteiger partial charge in [-0.15, -0.1) is 11.8 Å². The van der Waals surface area contributed by atoms with Gasteiger partial charge in [-0.3, -0.25) is 4.79 Å². The number of aryl methyl sites for hydroxylation is 1. The molecule has 0 aliphatic rings. The Bertz CT molecular complexity index is 893. The van der Waals surface area contributed by atoms with Crippen LogP contribution in [-0.2, 0) is 6.54 Å². The second kappa shape index (κ2) is 8.04. The summed E-state index contributed by atoms with van der Waals surface area (Å²) in [5, 5.41) is 0. The van der Waals surface area contributed by atoms with E-state index < -0.39 is 0 Å². The predicted octanol–water partition coefficient (Wildman–Crippen LogP) is 5.43. The Hall–Kier alpha value is -2.52. The zero-order valence-corrected chi connectivity index (χ0v) is 15.3.